The first-order chi connectivity index (χ1) is 14.0. The zero-order valence-corrected chi connectivity index (χ0v) is 16.2. The third kappa shape index (κ3) is 8.35. The fourth-order valence-electron chi connectivity index (χ4n) is 2.10. The minimum atomic E-state index is -4.58. The number of carbonyl (C=O) groups excluding carboxylic acids is 2. The van der Waals surface area contributed by atoms with E-state index in [0.717, 1.165) is 5.41 Å². The molecule has 0 fully saturated rings. The van der Waals surface area contributed by atoms with Gasteiger partial charge in [-0.25, -0.2) is 13.2 Å². The van der Waals surface area contributed by atoms with Gasteiger partial charge in [0.1, 0.15) is 6.54 Å². The van der Waals surface area contributed by atoms with Gasteiger partial charge in [0.15, 0.2) is 6.61 Å². The highest BCUT2D eigenvalue weighted by Gasteiger charge is 2.27. The lowest BCUT2D eigenvalue weighted by Crippen LogP contribution is -2.36. The molecule has 0 saturated carbocycles. The molecular weight excluding hydrogens is 425 g/mol. The zero-order valence-electron chi connectivity index (χ0n) is 15.3. The van der Waals surface area contributed by atoms with Crippen LogP contribution in [0.4, 0.5) is 18.9 Å². The monoisotopic (exact) mass is 442 g/mol. The van der Waals surface area contributed by atoms with Crippen molar-refractivity contribution in [3.8, 4) is 0 Å². The van der Waals surface area contributed by atoms with Crippen molar-refractivity contribution in [2.45, 2.75) is 6.18 Å². The van der Waals surface area contributed by atoms with Crippen LogP contribution in [-0.2, 0) is 19.6 Å². The Morgan fingerprint density at radius 2 is 1.73 bits per heavy atom. The molecule has 0 aromatic heterocycles. The van der Waals surface area contributed by atoms with E-state index in [2.05, 4.69) is 9.46 Å². The minimum absolute atomic E-state index is 0.0590. The number of hydrogen-bond donors (Lipinski definition) is 2. The minimum Gasteiger partial charge on any atom is -0.452 e. The molecule has 0 bridgehead atoms. The van der Waals surface area contributed by atoms with Gasteiger partial charge in [0, 0.05) is 5.69 Å². The van der Waals surface area contributed by atoms with Crippen LogP contribution in [-0.4, -0.2) is 39.6 Å². The largest absolute Gasteiger partial charge is 0.452 e. The lowest BCUT2D eigenvalue weighted by atomic mass is 10.2. The Balaban J connectivity index is 1.95. The topological polar surface area (TPSA) is 102 Å². The highest BCUT2D eigenvalue weighted by Crippen LogP contribution is 2.15. The number of nitrogens with one attached hydrogen (secondary N) is 2. The predicted octanol–water partition coefficient (Wildman–Crippen LogP) is 2.93. The summed E-state index contributed by atoms with van der Waals surface area (Å²) in [6.45, 7) is -2.46. The average Bonchev–Trinajstić information content (AvgIpc) is 2.69. The van der Waals surface area contributed by atoms with Crippen molar-refractivity contribution in [2.75, 3.05) is 17.9 Å². The SMILES string of the molecule is O=C(COC(=O)c1cccc(NS(=O)(=O)/C=C/c2ccccc2)c1)NCC(F)(F)F. The van der Waals surface area contributed by atoms with Crippen molar-refractivity contribution < 1.29 is 35.9 Å². The number of carbonyl (C=O) groups is 2. The average molecular weight is 442 g/mol. The smallest absolute Gasteiger partial charge is 0.405 e. The standard InChI is InChI=1S/C19H17F3N2O5S/c20-19(21,22)13-23-17(25)12-29-18(26)15-7-4-8-16(11-15)24-30(27,28)10-9-14-5-2-1-3-6-14/h1-11,24H,12-13H2,(H,23,25)/b10-9+. The molecule has 0 saturated heterocycles. The second-order valence-corrected chi connectivity index (χ2v) is 7.48. The summed E-state index contributed by atoms with van der Waals surface area (Å²) in [5, 5.41) is 2.52. The number of esters is 1. The number of rotatable bonds is 8. The Hall–Kier alpha value is -3.34. The molecule has 2 aromatic carbocycles. The van der Waals surface area contributed by atoms with Crippen LogP contribution in [0, 0.1) is 0 Å². The maximum absolute atomic E-state index is 12.2. The molecule has 2 aromatic rings. The molecule has 0 unspecified atom stereocenters. The summed E-state index contributed by atoms with van der Waals surface area (Å²) in [5.41, 5.74) is 0.638. The van der Waals surface area contributed by atoms with Crippen LogP contribution in [0.3, 0.4) is 0 Å². The van der Waals surface area contributed by atoms with Gasteiger partial charge < -0.3 is 10.1 Å². The molecule has 160 valence electrons. The normalized spacial score (nSPS) is 11.8. The summed E-state index contributed by atoms with van der Waals surface area (Å²) < 4.78 is 67.3. The van der Waals surface area contributed by atoms with E-state index in [1.54, 1.807) is 35.6 Å². The lowest BCUT2D eigenvalue weighted by Gasteiger charge is -2.09. The van der Waals surface area contributed by atoms with Gasteiger partial charge >= 0.3 is 12.1 Å². The molecule has 11 heteroatoms. The second kappa shape index (κ2) is 9.92. The van der Waals surface area contributed by atoms with E-state index in [1.165, 1.54) is 30.3 Å². The molecular formula is C19H17F3N2O5S. The number of hydrogen-bond acceptors (Lipinski definition) is 5. The summed E-state index contributed by atoms with van der Waals surface area (Å²) in [6, 6.07) is 13.9. The molecule has 0 radical (unpaired) electrons. The van der Waals surface area contributed by atoms with Crippen LogP contribution in [0.15, 0.2) is 60.0 Å². The number of ether oxygens (including phenoxy) is 1. The fraction of sp³-hybridized carbons (Fsp3) is 0.158. The molecule has 0 aliphatic carbocycles. The number of sulfonamides is 1. The van der Waals surface area contributed by atoms with E-state index in [4.69, 9.17) is 0 Å². The van der Waals surface area contributed by atoms with Gasteiger partial charge in [-0.05, 0) is 29.8 Å². The Morgan fingerprint density at radius 3 is 2.40 bits per heavy atom. The molecule has 30 heavy (non-hydrogen) atoms. The highest BCUT2D eigenvalue weighted by atomic mass is 32.2. The summed E-state index contributed by atoms with van der Waals surface area (Å²) in [7, 11) is -3.88. The van der Waals surface area contributed by atoms with Crippen LogP contribution in [0.5, 0.6) is 0 Å². The van der Waals surface area contributed by atoms with Crippen molar-refractivity contribution >= 4 is 33.7 Å². The quantitative estimate of drug-likeness (QED) is 0.612. The summed E-state index contributed by atoms with van der Waals surface area (Å²) in [5.74, 6) is -2.12. The second-order valence-electron chi connectivity index (χ2n) is 5.91. The van der Waals surface area contributed by atoms with Crippen molar-refractivity contribution in [3.63, 3.8) is 0 Å². The van der Waals surface area contributed by atoms with E-state index in [-0.39, 0.29) is 11.3 Å². The predicted molar refractivity (Wildman–Crippen MR) is 104 cm³/mol. The molecule has 1 amide bonds. The van der Waals surface area contributed by atoms with E-state index in [0.29, 0.717) is 5.56 Å². The first-order valence-corrected chi connectivity index (χ1v) is 9.95. The van der Waals surface area contributed by atoms with Crippen LogP contribution < -0.4 is 10.0 Å². The Morgan fingerprint density at radius 1 is 1.03 bits per heavy atom. The van der Waals surface area contributed by atoms with Gasteiger partial charge in [-0.2, -0.15) is 13.2 Å². The summed E-state index contributed by atoms with van der Waals surface area (Å²) in [6.07, 6.45) is -3.19. The fourth-order valence-corrected chi connectivity index (χ4v) is 2.96. The van der Waals surface area contributed by atoms with E-state index >= 15 is 0 Å². The molecule has 0 atom stereocenters. The van der Waals surface area contributed by atoms with Gasteiger partial charge in [0.05, 0.1) is 11.0 Å². The molecule has 0 aliphatic rings. The maximum atomic E-state index is 12.2. The van der Waals surface area contributed by atoms with Crippen molar-refractivity contribution in [2.24, 2.45) is 0 Å². The van der Waals surface area contributed by atoms with Crippen LogP contribution in [0.1, 0.15) is 15.9 Å². The third-order valence-corrected chi connectivity index (χ3v) is 4.43. The van der Waals surface area contributed by atoms with Crippen molar-refractivity contribution in [1.29, 1.82) is 0 Å². The van der Waals surface area contributed by atoms with Gasteiger partial charge in [-0.15, -0.1) is 0 Å². The molecule has 0 aliphatic heterocycles. The molecule has 7 nitrogen and oxygen atoms in total. The molecule has 0 spiro atoms. The van der Waals surface area contributed by atoms with Gasteiger partial charge in [0.25, 0.3) is 15.9 Å². The number of anilines is 1. The molecule has 2 N–H and O–H groups in total. The number of halogens is 3. The van der Waals surface area contributed by atoms with Crippen LogP contribution in [0.25, 0.3) is 6.08 Å². The Kier molecular flexibility index (Phi) is 7.59. The summed E-state index contributed by atoms with van der Waals surface area (Å²) in [4.78, 5) is 23.2. The zero-order chi connectivity index (χ0) is 22.2. The first-order valence-electron chi connectivity index (χ1n) is 8.41. The van der Waals surface area contributed by atoms with Crippen molar-refractivity contribution in [3.05, 3.63) is 71.1 Å². The number of benzene rings is 2. The maximum Gasteiger partial charge on any atom is 0.405 e. The Bertz CT molecular complexity index is 1020. The lowest BCUT2D eigenvalue weighted by molar-refractivity contribution is -0.140. The Labute approximate surface area is 170 Å². The van der Waals surface area contributed by atoms with Crippen LogP contribution in [0.2, 0.25) is 0 Å². The van der Waals surface area contributed by atoms with E-state index in [1.807, 2.05) is 0 Å². The molecule has 0 heterocycles. The van der Waals surface area contributed by atoms with Crippen molar-refractivity contribution in [1.82, 2.24) is 5.32 Å². The van der Waals surface area contributed by atoms with Gasteiger partial charge in [0.2, 0.25) is 0 Å². The number of amides is 1. The first kappa shape index (κ1) is 22.9. The van der Waals surface area contributed by atoms with Gasteiger partial charge in [-0.3, -0.25) is 9.52 Å². The van der Waals surface area contributed by atoms with Gasteiger partial charge in [-0.1, -0.05) is 36.4 Å². The molecule has 2 rings (SSSR count). The third-order valence-electron chi connectivity index (χ3n) is 3.42. The van der Waals surface area contributed by atoms with Crippen LogP contribution >= 0.6 is 0 Å². The van der Waals surface area contributed by atoms with E-state index < -0.39 is 41.2 Å². The highest BCUT2D eigenvalue weighted by molar-refractivity contribution is 7.95. The summed E-state index contributed by atoms with van der Waals surface area (Å²) >= 11 is 0. The van der Waals surface area contributed by atoms with E-state index in [9.17, 15) is 31.2 Å². The number of alkyl halides is 3.